The lowest BCUT2D eigenvalue weighted by Gasteiger charge is -2.17. The Bertz CT molecular complexity index is 327. The highest BCUT2D eigenvalue weighted by Gasteiger charge is 2.13. The summed E-state index contributed by atoms with van der Waals surface area (Å²) in [6.45, 7) is 4.19. The SMILES string of the molecule is CC(C)(CO)CC#Cc1ccccc1. The summed E-state index contributed by atoms with van der Waals surface area (Å²) in [6.07, 6.45) is 0.721. The molecular weight excluding hydrogens is 172 g/mol. The molecule has 1 rings (SSSR count). The molecule has 0 unspecified atom stereocenters. The molecule has 0 fully saturated rings. The topological polar surface area (TPSA) is 20.2 Å². The summed E-state index contributed by atoms with van der Waals surface area (Å²) in [7, 11) is 0. The van der Waals surface area contributed by atoms with Crippen LogP contribution < -0.4 is 0 Å². The molecule has 1 aromatic carbocycles. The minimum Gasteiger partial charge on any atom is -0.396 e. The summed E-state index contributed by atoms with van der Waals surface area (Å²) < 4.78 is 0. The van der Waals surface area contributed by atoms with Crippen LogP contribution in [0.5, 0.6) is 0 Å². The summed E-state index contributed by atoms with van der Waals surface area (Å²) >= 11 is 0. The predicted octanol–water partition coefficient (Wildman–Crippen LogP) is 2.45. The van der Waals surface area contributed by atoms with Crippen molar-refractivity contribution in [1.82, 2.24) is 0 Å². The molecule has 14 heavy (non-hydrogen) atoms. The zero-order valence-corrected chi connectivity index (χ0v) is 8.75. The lowest BCUT2D eigenvalue weighted by Crippen LogP contribution is -2.15. The molecule has 0 aromatic heterocycles. The normalized spacial score (nSPS) is 10.5. The lowest BCUT2D eigenvalue weighted by molar-refractivity contribution is 0.164. The Balaban J connectivity index is 2.58. The summed E-state index contributed by atoms with van der Waals surface area (Å²) in [4.78, 5) is 0. The van der Waals surface area contributed by atoms with E-state index in [0.717, 1.165) is 12.0 Å². The van der Waals surface area contributed by atoms with Gasteiger partial charge in [0.25, 0.3) is 0 Å². The van der Waals surface area contributed by atoms with E-state index in [9.17, 15) is 0 Å². The van der Waals surface area contributed by atoms with Crippen LogP contribution in [0.25, 0.3) is 0 Å². The molecule has 0 atom stereocenters. The molecular formula is C13H16O. The molecule has 0 heterocycles. The minimum atomic E-state index is -0.0955. The van der Waals surface area contributed by atoms with Crippen LogP contribution in [-0.2, 0) is 0 Å². The van der Waals surface area contributed by atoms with Gasteiger partial charge in [0.05, 0.1) is 0 Å². The molecule has 1 N–H and O–H groups in total. The van der Waals surface area contributed by atoms with Gasteiger partial charge in [-0.25, -0.2) is 0 Å². The van der Waals surface area contributed by atoms with Crippen LogP contribution in [0.1, 0.15) is 25.8 Å². The monoisotopic (exact) mass is 188 g/mol. The van der Waals surface area contributed by atoms with Crippen molar-refractivity contribution in [2.75, 3.05) is 6.61 Å². The fourth-order valence-corrected chi connectivity index (χ4v) is 0.963. The first-order valence-electron chi connectivity index (χ1n) is 4.79. The Morgan fingerprint density at radius 3 is 2.43 bits per heavy atom. The standard InChI is InChI=1S/C13H16O/c1-13(2,11-14)10-6-9-12-7-4-3-5-8-12/h3-5,7-8,14H,10-11H2,1-2H3. The fourth-order valence-electron chi connectivity index (χ4n) is 0.963. The van der Waals surface area contributed by atoms with Crippen LogP contribution >= 0.6 is 0 Å². The van der Waals surface area contributed by atoms with E-state index in [1.165, 1.54) is 0 Å². The Labute approximate surface area is 85.8 Å². The van der Waals surface area contributed by atoms with Gasteiger partial charge < -0.3 is 5.11 Å². The number of benzene rings is 1. The molecule has 0 radical (unpaired) electrons. The first kappa shape index (κ1) is 10.8. The second kappa shape index (κ2) is 4.83. The van der Waals surface area contributed by atoms with Crippen molar-refractivity contribution in [1.29, 1.82) is 0 Å². The van der Waals surface area contributed by atoms with Gasteiger partial charge >= 0.3 is 0 Å². The number of aliphatic hydroxyl groups excluding tert-OH is 1. The molecule has 1 aromatic rings. The second-order valence-corrected chi connectivity index (χ2v) is 4.17. The minimum absolute atomic E-state index is 0.0955. The number of aliphatic hydroxyl groups is 1. The predicted molar refractivity (Wildman–Crippen MR) is 58.8 cm³/mol. The molecule has 0 bridgehead atoms. The van der Waals surface area contributed by atoms with Gasteiger partial charge in [0.1, 0.15) is 0 Å². The van der Waals surface area contributed by atoms with Crippen molar-refractivity contribution in [3.8, 4) is 11.8 Å². The van der Waals surface area contributed by atoms with E-state index in [1.807, 2.05) is 44.2 Å². The molecule has 0 aliphatic carbocycles. The number of rotatable bonds is 2. The van der Waals surface area contributed by atoms with E-state index >= 15 is 0 Å². The van der Waals surface area contributed by atoms with Crippen molar-refractivity contribution in [3.05, 3.63) is 35.9 Å². The van der Waals surface area contributed by atoms with E-state index in [1.54, 1.807) is 0 Å². The van der Waals surface area contributed by atoms with Gasteiger partial charge in [-0.3, -0.25) is 0 Å². The largest absolute Gasteiger partial charge is 0.396 e. The average Bonchev–Trinajstić information content (AvgIpc) is 2.19. The molecule has 0 saturated heterocycles. The maximum Gasteiger partial charge on any atom is 0.0491 e. The van der Waals surface area contributed by atoms with Gasteiger partial charge in [-0.05, 0) is 17.5 Å². The van der Waals surface area contributed by atoms with Gasteiger partial charge in [0.2, 0.25) is 0 Å². The third-order valence-electron chi connectivity index (χ3n) is 2.00. The third kappa shape index (κ3) is 3.64. The van der Waals surface area contributed by atoms with Gasteiger partial charge in [-0.1, -0.05) is 43.9 Å². The molecule has 0 saturated carbocycles. The summed E-state index contributed by atoms with van der Waals surface area (Å²) in [6, 6.07) is 9.89. The Hall–Kier alpha value is -1.26. The van der Waals surface area contributed by atoms with E-state index in [4.69, 9.17) is 5.11 Å². The van der Waals surface area contributed by atoms with E-state index in [0.29, 0.717) is 0 Å². The summed E-state index contributed by atoms with van der Waals surface area (Å²) in [5, 5.41) is 9.02. The van der Waals surface area contributed by atoms with Crippen molar-refractivity contribution >= 4 is 0 Å². The summed E-state index contributed by atoms with van der Waals surface area (Å²) in [5.41, 5.74) is 0.933. The van der Waals surface area contributed by atoms with Crippen molar-refractivity contribution in [2.24, 2.45) is 5.41 Å². The first-order valence-corrected chi connectivity index (χ1v) is 4.79. The smallest absolute Gasteiger partial charge is 0.0491 e. The maximum absolute atomic E-state index is 9.02. The van der Waals surface area contributed by atoms with Crippen molar-refractivity contribution in [3.63, 3.8) is 0 Å². The lowest BCUT2D eigenvalue weighted by atomic mass is 9.91. The quantitative estimate of drug-likeness (QED) is 0.707. The zero-order valence-electron chi connectivity index (χ0n) is 8.75. The van der Waals surface area contributed by atoms with Gasteiger partial charge in [-0.2, -0.15) is 0 Å². The van der Waals surface area contributed by atoms with Crippen LogP contribution in [0, 0.1) is 17.3 Å². The molecule has 1 nitrogen and oxygen atoms in total. The highest BCUT2D eigenvalue weighted by Crippen LogP contribution is 2.17. The zero-order chi connectivity index (χ0) is 10.4. The van der Waals surface area contributed by atoms with Gasteiger partial charge in [-0.15, -0.1) is 0 Å². The van der Waals surface area contributed by atoms with Crippen LogP contribution in [0.4, 0.5) is 0 Å². The third-order valence-corrected chi connectivity index (χ3v) is 2.00. The Morgan fingerprint density at radius 2 is 1.86 bits per heavy atom. The van der Waals surface area contributed by atoms with E-state index in [2.05, 4.69) is 11.8 Å². The highest BCUT2D eigenvalue weighted by molar-refractivity contribution is 5.33. The summed E-state index contributed by atoms with van der Waals surface area (Å²) in [5.74, 6) is 6.16. The maximum atomic E-state index is 9.02. The number of hydrogen-bond acceptors (Lipinski definition) is 1. The van der Waals surface area contributed by atoms with Gasteiger partial charge in [0.15, 0.2) is 0 Å². The van der Waals surface area contributed by atoms with Crippen LogP contribution in [0.3, 0.4) is 0 Å². The first-order chi connectivity index (χ1) is 6.64. The molecule has 1 heteroatoms. The average molecular weight is 188 g/mol. The molecule has 0 aliphatic heterocycles. The molecule has 74 valence electrons. The van der Waals surface area contributed by atoms with Crippen molar-refractivity contribution in [2.45, 2.75) is 20.3 Å². The second-order valence-electron chi connectivity index (χ2n) is 4.17. The fraction of sp³-hybridized carbons (Fsp3) is 0.385. The molecule has 0 spiro atoms. The van der Waals surface area contributed by atoms with Crippen LogP contribution in [0.2, 0.25) is 0 Å². The highest BCUT2D eigenvalue weighted by atomic mass is 16.3. The Morgan fingerprint density at radius 1 is 1.21 bits per heavy atom. The van der Waals surface area contributed by atoms with E-state index < -0.39 is 0 Å². The molecule has 0 aliphatic rings. The van der Waals surface area contributed by atoms with Gasteiger partial charge in [0, 0.05) is 18.6 Å². The number of hydrogen-bond donors (Lipinski definition) is 1. The Kier molecular flexibility index (Phi) is 3.73. The van der Waals surface area contributed by atoms with Crippen LogP contribution in [-0.4, -0.2) is 11.7 Å². The van der Waals surface area contributed by atoms with Crippen LogP contribution in [0.15, 0.2) is 30.3 Å². The van der Waals surface area contributed by atoms with E-state index in [-0.39, 0.29) is 12.0 Å². The molecule has 0 amide bonds. The van der Waals surface area contributed by atoms with Crippen molar-refractivity contribution < 1.29 is 5.11 Å².